The van der Waals surface area contributed by atoms with E-state index in [2.05, 4.69) is 5.32 Å². The summed E-state index contributed by atoms with van der Waals surface area (Å²) in [6.07, 6.45) is 0.437. The van der Waals surface area contributed by atoms with Crippen LogP contribution in [0.5, 0.6) is 11.5 Å². The minimum Gasteiger partial charge on any atom is -0.497 e. The van der Waals surface area contributed by atoms with Crippen LogP contribution >= 0.6 is 0 Å². The molecule has 1 aliphatic rings. The number of amides is 1. The lowest BCUT2D eigenvalue weighted by atomic mass is 10.3. The molecule has 2 rings (SSSR count). The van der Waals surface area contributed by atoms with Crippen LogP contribution in [-0.2, 0) is 4.79 Å². The first-order valence-electron chi connectivity index (χ1n) is 6.66. The van der Waals surface area contributed by atoms with Crippen molar-refractivity contribution in [1.82, 2.24) is 4.90 Å². The summed E-state index contributed by atoms with van der Waals surface area (Å²) in [4.78, 5) is 13.8. The van der Waals surface area contributed by atoms with Crippen LogP contribution < -0.4 is 14.8 Å². The molecule has 0 saturated carbocycles. The molecule has 5 heteroatoms. The molecule has 0 unspecified atom stereocenters. The molecule has 0 aliphatic carbocycles. The highest BCUT2D eigenvalue weighted by atomic mass is 16.5. The predicted molar refractivity (Wildman–Crippen MR) is 71.3 cm³/mol. The van der Waals surface area contributed by atoms with Crippen LogP contribution in [0.3, 0.4) is 0 Å². The highest BCUT2D eigenvalue weighted by Gasteiger charge is 2.17. The quantitative estimate of drug-likeness (QED) is 0.807. The topological polar surface area (TPSA) is 55.4 Å². The fourth-order valence-corrected chi connectivity index (χ4v) is 2.09. The smallest absolute Gasteiger partial charge is 0.226 e. The van der Waals surface area contributed by atoms with Crippen molar-refractivity contribution >= 4 is 5.91 Å². The normalized spacial score (nSPS) is 15.1. The van der Waals surface area contributed by atoms with Gasteiger partial charge in [0.25, 0.3) is 0 Å². The molecule has 1 aromatic carbocycles. The van der Waals surface area contributed by atoms with E-state index in [0.29, 0.717) is 13.0 Å². The van der Waals surface area contributed by atoms with Crippen molar-refractivity contribution in [3.8, 4) is 11.5 Å². The lowest BCUT2D eigenvalue weighted by Crippen LogP contribution is -2.89. The van der Waals surface area contributed by atoms with E-state index in [0.717, 1.165) is 37.7 Å². The van der Waals surface area contributed by atoms with Gasteiger partial charge < -0.3 is 19.7 Å². The van der Waals surface area contributed by atoms with Crippen LogP contribution in [0.1, 0.15) is 6.42 Å². The molecule has 1 amide bonds. The number of carbonyl (C=O) groups is 1. The Balaban J connectivity index is 1.71. The number of ether oxygens (including phenoxy) is 2. The molecule has 1 aromatic rings. The maximum atomic E-state index is 11.9. The minimum atomic E-state index is 0.182. The van der Waals surface area contributed by atoms with Gasteiger partial charge in [-0.1, -0.05) is 0 Å². The second-order valence-corrected chi connectivity index (χ2v) is 4.52. The van der Waals surface area contributed by atoms with E-state index in [9.17, 15) is 4.79 Å². The first-order chi connectivity index (χ1) is 9.29. The highest BCUT2D eigenvalue weighted by Crippen LogP contribution is 2.17. The van der Waals surface area contributed by atoms with Crippen molar-refractivity contribution in [2.75, 3.05) is 39.9 Å². The Bertz CT molecular complexity index is 400. The maximum Gasteiger partial charge on any atom is 0.226 e. The van der Waals surface area contributed by atoms with Crippen molar-refractivity contribution < 1.29 is 19.6 Å². The van der Waals surface area contributed by atoms with E-state index in [1.165, 1.54) is 0 Å². The molecule has 0 aromatic heterocycles. The van der Waals surface area contributed by atoms with E-state index in [1.54, 1.807) is 7.11 Å². The van der Waals surface area contributed by atoms with Gasteiger partial charge in [0.15, 0.2) is 0 Å². The fourth-order valence-electron chi connectivity index (χ4n) is 2.09. The van der Waals surface area contributed by atoms with Crippen LogP contribution in [0, 0.1) is 0 Å². The summed E-state index contributed by atoms with van der Waals surface area (Å²) in [6, 6.07) is 7.38. The molecule has 1 aliphatic heterocycles. The van der Waals surface area contributed by atoms with Gasteiger partial charge in [0, 0.05) is 0 Å². The second-order valence-electron chi connectivity index (χ2n) is 4.52. The largest absolute Gasteiger partial charge is 0.497 e. The molecular formula is C14H21N2O3+. The van der Waals surface area contributed by atoms with Gasteiger partial charge >= 0.3 is 0 Å². The highest BCUT2D eigenvalue weighted by molar-refractivity contribution is 5.76. The van der Waals surface area contributed by atoms with Crippen molar-refractivity contribution in [3.63, 3.8) is 0 Å². The Morgan fingerprint density at radius 3 is 2.47 bits per heavy atom. The Kier molecular flexibility index (Phi) is 5.03. The molecule has 0 bridgehead atoms. The molecule has 0 radical (unpaired) electrons. The molecule has 1 fully saturated rings. The summed E-state index contributed by atoms with van der Waals surface area (Å²) in [5.41, 5.74) is 0. The van der Waals surface area contributed by atoms with E-state index in [-0.39, 0.29) is 5.91 Å². The Morgan fingerprint density at radius 1 is 1.21 bits per heavy atom. The monoisotopic (exact) mass is 265 g/mol. The van der Waals surface area contributed by atoms with Gasteiger partial charge in [-0.15, -0.1) is 0 Å². The average Bonchev–Trinajstić information content (AvgIpc) is 2.49. The number of nitrogens with zero attached hydrogens (tertiary/aromatic N) is 1. The summed E-state index contributed by atoms with van der Waals surface area (Å²) in [6.45, 7) is 4.13. The van der Waals surface area contributed by atoms with Crippen molar-refractivity contribution in [2.24, 2.45) is 0 Å². The molecule has 5 nitrogen and oxygen atoms in total. The number of nitrogens with two attached hydrogens (primary N) is 1. The van der Waals surface area contributed by atoms with Gasteiger partial charge in [-0.25, -0.2) is 0 Å². The summed E-state index contributed by atoms with van der Waals surface area (Å²) in [7, 11) is 1.63. The Hall–Kier alpha value is -1.75. The zero-order valence-electron chi connectivity index (χ0n) is 11.3. The molecule has 1 heterocycles. The third-order valence-corrected chi connectivity index (χ3v) is 3.20. The molecule has 104 valence electrons. The van der Waals surface area contributed by atoms with Gasteiger partial charge in [-0.2, -0.15) is 0 Å². The first-order valence-corrected chi connectivity index (χ1v) is 6.66. The fraction of sp³-hybridized carbons (Fsp3) is 0.500. The van der Waals surface area contributed by atoms with Gasteiger partial charge in [0.1, 0.15) is 11.5 Å². The average molecular weight is 265 g/mol. The van der Waals surface area contributed by atoms with E-state index < -0.39 is 0 Å². The van der Waals surface area contributed by atoms with Gasteiger partial charge in [-0.3, -0.25) is 4.79 Å². The van der Waals surface area contributed by atoms with Crippen molar-refractivity contribution in [3.05, 3.63) is 24.3 Å². The number of quaternary nitrogens is 1. The number of benzene rings is 1. The number of hydrogen-bond acceptors (Lipinski definition) is 3. The van der Waals surface area contributed by atoms with Crippen LogP contribution in [0.25, 0.3) is 0 Å². The maximum absolute atomic E-state index is 11.9. The zero-order chi connectivity index (χ0) is 13.5. The first kappa shape index (κ1) is 13.7. The van der Waals surface area contributed by atoms with Crippen LogP contribution in [0.15, 0.2) is 24.3 Å². The summed E-state index contributed by atoms with van der Waals surface area (Å²) in [5, 5.41) is 2.23. The van der Waals surface area contributed by atoms with Gasteiger partial charge in [0.05, 0.1) is 46.3 Å². The van der Waals surface area contributed by atoms with E-state index in [4.69, 9.17) is 9.47 Å². The van der Waals surface area contributed by atoms with Gasteiger partial charge in [0.2, 0.25) is 5.91 Å². The molecule has 1 saturated heterocycles. The molecule has 19 heavy (non-hydrogen) atoms. The van der Waals surface area contributed by atoms with Gasteiger partial charge in [-0.05, 0) is 24.3 Å². The number of rotatable bonds is 5. The Labute approximate surface area is 113 Å². The SMILES string of the molecule is COc1ccc(OCCC(=O)N2CC[NH2+]CC2)cc1. The summed E-state index contributed by atoms with van der Waals surface area (Å²) in [5.74, 6) is 1.75. The summed E-state index contributed by atoms with van der Waals surface area (Å²) >= 11 is 0. The zero-order valence-corrected chi connectivity index (χ0v) is 11.3. The lowest BCUT2D eigenvalue weighted by Gasteiger charge is -2.25. The third-order valence-electron chi connectivity index (χ3n) is 3.20. The van der Waals surface area contributed by atoms with Crippen LogP contribution in [0.2, 0.25) is 0 Å². The molecule has 0 spiro atoms. The predicted octanol–water partition coefficient (Wildman–Crippen LogP) is -0.130. The number of piperazine rings is 1. The number of methoxy groups -OCH3 is 1. The third kappa shape index (κ3) is 4.13. The van der Waals surface area contributed by atoms with Crippen molar-refractivity contribution in [1.29, 1.82) is 0 Å². The molecular weight excluding hydrogens is 244 g/mol. The lowest BCUT2D eigenvalue weighted by molar-refractivity contribution is -0.662. The van der Waals surface area contributed by atoms with E-state index >= 15 is 0 Å². The van der Waals surface area contributed by atoms with E-state index in [1.807, 2.05) is 29.2 Å². The van der Waals surface area contributed by atoms with Crippen molar-refractivity contribution in [2.45, 2.75) is 6.42 Å². The number of hydrogen-bond donors (Lipinski definition) is 1. The minimum absolute atomic E-state index is 0.182. The van der Waals surface area contributed by atoms with Crippen LogP contribution in [0.4, 0.5) is 0 Å². The summed E-state index contributed by atoms with van der Waals surface area (Å²) < 4.78 is 10.6. The molecule has 2 N–H and O–H groups in total. The Morgan fingerprint density at radius 2 is 1.84 bits per heavy atom. The number of carbonyl (C=O) groups excluding carboxylic acids is 1. The second kappa shape index (κ2) is 6.99. The van der Waals surface area contributed by atoms with Crippen LogP contribution in [-0.4, -0.2) is 50.7 Å². The standard InChI is InChI=1S/C14H20N2O3/c1-18-12-2-4-13(5-3-12)19-11-6-14(17)16-9-7-15-8-10-16/h2-5,15H,6-11H2,1H3/p+1. The molecule has 0 atom stereocenters.